The highest BCUT2D eigenvalue weighted by molar-refractivity contribution is 5.98. The summed E-state index contributed by atoms with van der Waals surface area (Å²) in [4.78, 5) is 19.7. The van der Waals surface area contributed by atoms with Crippen LogP contribution in [0.2, 0.25) is 0 Å². The maximum absolute atomic E-state index is 12.5. The Kier molecular flexibility index (Phi) is 7.00. The number of benzene rings is 1. The number of aromatic nitrogens is 3. The zero-order valence-electron chi connectivity index (χ0n) is 19.0. The van der Waals surface area contributed by atoms with Gasteiger partial charge in [-0.3, -0.25) is 0 Å². The van der Waals surface area contributed by atoms with Crippen LogP contribution in [-0.4, -0.2) is 32.2 Å². The lowest BCUT2D eigenvalue weighted by atomic mass is 10.1. The van der Waals surface area contributed by atoms with Crippen LogP contribution in [0, 0.1) is 42.4 Å². The Balaban J connectivity index is 1.79. The van der Waals surface area contributed by atoms with Crippen molar-refractivity contribution in [3.8, 4) is 12.1 Å². The Hall–Kier alpha value is -4.30. The number of allylic oxidation sites excluding steroid dienone is 1. The molecule has 8 nitrogen and oxygen atoms in total. The van der Waals surface area contributed by atoms with Crippen LogP contribution < -0.4 is 0 Å². The summed E-state index contributed by atoms with van der Waals surface area (Å²) in [5.41, 5.74) is 3.73. The second-order valence-electron chi connectivity index (χ2n) is 8.11. The standard InChI is InChI=1S/C25H25N5O3/c1-15(2)13-30-16(3)9-18(17(30)4)10-19(11-26)25(32)33-14-23(31)20(12-27)24-28-21-7-5-6-8-22(21)29-24/h5-10,15,31H,13-14H2,1-4H3,(H,28,29). The van der Waals surface area contributed by atoms with E-state index in [0.29, 0.717) is 17.0 Å². The summed E-state index contributed by atoms with van der Waals surface area (Å²) in [6, 6.07) is 12.8. The predicted octanol–water partition coefficient (Wildman–Crippen LogP) is 4.58. The van der Waals surface area contributed by atoms with Gasteiger partial charge in [0.25, 0.3) is 0 Å². The molecule has 0 aliphatic carbocycles. The van der Waals surface area contributed by atoms with Gasteiger partial charge in [-0.1, -0.05) is 26.0 Å². The maximum Gasteiger partial charge on any atom is 0.349 e. The third-order valence-corrected chi connectivity index (χ3v) is 5.17. The van der Waals surface area contributed by atoms with E-state index in [-0.39, 0.29) is 17.0 Å². The van der Waals surface area contributed by atoms with Crippen LogP contribution in [0.5, 0.6) is 0 Å². The maximum atomic E-state index is 12.5. The first-order valence-electron chi connectivity index (χ1n) is 10.5. The molecule has 0 bridgehead atoms. The molecule has 0 aliphatic rings. The van der Waals surface area contributed by atoms with Crippen molar-refractivity contribution in [2.45, 2.75) is 34.2 Å². The van der Waals surface area contributed by atoms with Crippen LogP contribution in [-0.2, 0) is 16.1 Å². The average Bonchev–Trinajstić information content (AvgIpc) is 3.32. The van der Waals surface area contributed by atoms with E-state index in [1.807, 2.05) is 38.1 Å². The van der Waals surface area contributed by atoms with E-state index in [9.17, 15) is 20.4 Å². The van der Waals surface area contributed by atoms with Crippen molar-refractivity contribution in [2.24, 2.45) is 5.92 Å². The highest BCUT2D eigenvalue weighted by Gasteiger charge is 2.18. The SMILES string of the molecule is Cc1cc(C=C(C#N)C(=O)OCC(O)=C(C#N)c2nc3ccccc3[nH]2)c(C)n1CC(C)C. The molecule has 33 heavy (non-hydrogen) atoms. The van der Waals surface area contributed by atoms with Crippen LogP contribution in [0.4, 0.5) is 0 Å². The third-order valence-electron chi connectivity index (χ3n) is 5.17. The Bertz CT molecular complexity index is 1310. The fourth-order valence-corrected chi connectivity index (χ4v) is 3.52. The van der Waals surface area contributed by atoms with E-state index in [1.54, 1.807) is 18.2 Å². The summed E-state index contributed by atoms with van der Waals surface area (Å²) >= 11 is 0. The Labute approximate surface area is 192 Å². The number of nitrogens with one attached hydrogen (secondary N) is 1. The Morgan fingerprint density at radius 2 is 2.00 bits per heavy atom. The van der Waals surface area contributed by atoms with E-state index < -0.39 is 18.3 Å². The Morgan fingerprint density at radius 1 is 1.27 bits per heavy atom. The van der Waals surface area contributed by atoms with Crippen LogP contribution in [0.3, 0.4) is 0 Å². The molecule has 0 saturated carbocycles. The number of esters is 1. The summed E-state index contributed by atoms with van der Waals surface area (Å²) in [6.07, 6.45) is 1.48. The van der Waals surface area contributed by atoms with E-state index in [0.717, 1.165) is 23.5 Å². The lowest BCUT2D eigenvalue weighted by Gasteiger charge is -2.12. The fourth-order valence-electron chi connectivity index (χ4n) is 3.52. The first-order valence-corrected chi connectivity index (χ1v) is 10.5. The number of carbonyl (C=O) groups excluding carboxylic acids is 1. The lowest BCUT2D eigenvalue weighted by molar-refractivity contribution is -0.138. The number of carbonyl (C=O) groups is 1. The molecule has 0 atom stereocenters. The number of para-hydroxylation sites is 2. The highest BCUT2D eigenvalue weighted by atomic mass is 16.5. The summed E-state index contributed by atoms with van der Waals surface area (Å²) in [5, 5.41) is 29.3. The number of imidazole rings is 1. The number of nitrogens with zero attached hydrogens (tertiary/aromatic N) is 4. The van der Waals surface area contributed by atoms with Crippen molar-refractivity contribution in [3.63, 3.8) is 0 Å². The molecule has 0 fully saturated rings. The number of rotatable bonds is 7. The molecule has 3 rings (SSSR count). The molecule has 0 unspecified atom stereocenters. The van der Waals surface area contributed by atoms with Crippen LogP contribution >= 0.6 is 0 Å². The molecule has 0 amide bonds. The minimum Gasteiger partial charge on any atom is -0.507 e. The number of hydrogen-bond donors (Lipinski definition) is 2. The second-order valence-corrected chi connectivity index (χ2v) is 8.11. The number of H-pyrrole nitrogens is 1. The molecule has 1 aromatic carbocycles. The van der Waals surface area contributed by atoms with Gasteiger partial charge in [-0.05, 0) is 49.6 Å². The molecule has 0 spiro atoms. The number of aryl methyl sites for hydroxylation is 1. The molecule has 0 saturated heterocycles. The predicted molar refractivity (Wildman–Crippen MR) is 125 cm³/mol. The summed E-state index contributed by atoms with van der Waals surface area (Å²) in [5.74, 6) is -0.735. The number of aliphatic hydroxyl groups is 1. The van der Waals surface area contributed by atoms with E-state index in [1.165, 1.54) is 6.08 Å². The topological polar surface area (TPSA) is 128 Å². The van der Waals surface area contributed by atoms with Gasteiger partial charge in [0, 0.05) is 17.9 Å². The van der Waals surface area contributed by atoms with Crippen molar-refractivity contribution in [3.05, 3.63) is 64.4 Å². The molecule has 2 heterocycles. The number of nitriles is 2. The second kappa shape index (κ2) is 9.88. The van der Waals surface area contributed by atoms with Gasteiger partial charge in [0.1, 0.15) is 29.9 Å². The van der Waals surface area contributed by atoms with Crippen LogP contribution in [0.15, 0.2) is 41.7 Å². The molecular weight excluding hydrogens is 418 g/mol. The quantitative estimate of drug-likeness (QED) is 0.238. The highest BCUT2D eigenvalue weighted by Crippen LogP contribution is 2.21. The molecule has 0 aliphatic heterocycles. The van der Waals surface area contributed by atoms with Gasteiger partial charge >= 0.3 is 5.97 Å². The van der Waals surface area contributed by atoms with E-state index in [2.05, 4.69) is 28.4 Å². The molecular formula is C25H25N5O3. The molecule has 2 N–H and O–H groups in total. The zero-order chi connectivity index (χ0) is 24.1. The van der Waals surface area contributed by atoms with Crippen molar-refractivity contribution < 1.29 is 14.6 Å². The number of aliphatic hydroxyl groups excluding tert-OH is 1. The van der Waals surface area contributed by atoms with E-state index in [4.69, 9.17) is 4.74 Å². The summed E-state index contributed by atoms with van der Waals surface area (Å²) < 4.78 is 7.25. The van der Waals surface area contributed by atoms with Crippen LogP contribution in [0.25, 0.3) is 22.7 Å². The first-order chi connectivity index (χ1) is 15.7. The van der Waals surface area contributed by atoms with Crippen LogP contribution in [0.1, 0.15) is 36.6 Å². The smallest absolute Gasteiger partial charge is 0.349 e. The van der Waals surface area contributed by atoms with Gasteiger partial charge in [0.15, 0.2) is 11.6 Å². The Morgan fingerprint density at radius 3 is 2.64 bits per heavy atom. The van der Waals surface area contributed by atoms with Gasteiger partial charge in [-0.2, -0.15) is 10.5 Å². The molecule has 0 radical (unpaired) electrons. The third kappa shape index (κ3) is 5.13. The number of fused-ring (bicyclic) bond motifs is 1. The lowest BCUT2D eigenvalue weighted by Crippen LogP contribution is -2.11. The van der Waals surface area contributed by atoms with Crippen molar-refractivity contribution >= 4 is 28.7 Å². The minimum absolute atomic E-state index is 0.140. The number of aromatic amines is 1. The van der Waals surface area contributed by atoms with E-state index >= 15 is 0 Å². The zero-order valence-corrected chi connectivity index (χ0v) is 19.0. The minimum atomic E-state index is -0.889. The van der Waals surface area contributed by atoms with Crippen molar-refractivity contribution in [2.75, 3.05) is 6.61 Å². The first kappa shape index (κ1) is 23.4. The number of ether oxygens (including phenoxy) is 1. The van der Waals surface area contributed by atoms with Gasteiger partial charge in [0.2, 0.25) is 0 Å². The average molecular weight is 444 g/mol. The van der Waals surface area contributed by atoms with Crippen molar-refractivity contribution in [1.82, 2.24) is 14.5 Å². The van der Waals surface area contributed by atoms with Gasteiger partial charge in [0.05, 0.1) is 11.0 Å². The molecule has 8 heteroatoms. The normalized spacial score (nSPS) is 12.4. The largest absolute Gasteiger partial charge is 0.507 e. The molecule has 3 aromatic rings. The molecule has 168 valence electrons. The van der Waals surface area contributed by atoms with Gasteiger partial charge < -0.3 is 19.4 Å². The summed E-state index contributed by atoms with van der Waals surface area (Å²) in [6.45, 7) is 8.41. The van der Waals surface area contributed by atoms with Crippen molar-refractivity contribution in [1.29, 1.82) is 10.5 Å². The number of hydrogen-bond acceptors (Lipinski definition) is 6. The van der Waals surface area contributed by atoms with Gasteiger partial charge in [-0.25, -0.2) is 9.78 Å². The fraction of sp³-hybridized carbons (Fsp3) is 0.280. The molecule has 2 aromatic heterocycles. The van der Waals surface area contributed by atoms with Gasteiger partial charge in [-0.15, -0.1) is 0 Å². The summed E-state index contributed by atoms with van der Waals surface area (Å²) in [7, 11) is 0. The monoisotopic (exact) mass is 443 g/mol.